The van der Waals surface area contributed by atoms with E-state index in [0.29, 0.717) is 24.9 Å². The Balaban J connectivity index is 2.63. The molecule has 0 spiro atoms. The number of nitrogens with zero attached hydrogens (tertiary/aromatic N) is 1. The van der Waals surface area contributed by atoms with Crippen molar-refractivity contribution in [2.75, 3.05) is 24.7 Å². The standard InChI is InChI=1S/C9H18ClNO2S/c1-8-3-5-11(7-9(8)2)14(12,13)6-4-10/h8-9H,3-7H2,1-2H3. The molecule has 0 N–H and O–H groups in total. The van der Waals surface area contributed by atoms with Crippen LogP contribution in [0.3, 0.4) is 0 Å². The zero-order valence-electron chi connectivity index (χ0n) is 8.74. The molecule has 0 aliphatic carbocycles. The summed E-state index contributed by atoms with van der Waals surface area (Å²) >= 11 is 5.46. The lowest BCUT2D eigenvalue weighted by Gasteiger charge is -2.34. The van der Waals surface area contributed by atoms with Gasteiger partial charge in [0.05, 0.1) is 5.75 Å². The number of hydrogen-bond acceptors (Lipinski definition) is 2. The Bertz CT molecular complexity index is 279. The van der Waals surface area contributed by atoms with Crippen LogP contribution in [0.15, 0.2) is 0 Å². The second-order valence-corrected chi connectivity index (χ2v) is 6.57. The van der Waals surface area contributed by atoms with E-state index in [2.05, 4.69) is 13.8 Å². The number of alkyl halides is 1. The van der Waals surface area contributed by atoms with E-state index in [1.165, 1.54) is 0 Å². The third-order valence-corrected chi connectivity index (χ3v) is 5.28. The van der Waals surface area contributed by atoms with Crippen LogP contribution in [0.25, 0.3) is 0 Å². The highest BCUT2D eigenvalue weighted by Gasteiger charge is 2.29. The molecule has 84 valence electrons. The third kappa shape index (κ3) is 2.84. The quantitative estimate of drug-likeness (QED) is 0.701. The summed E-state index contributed by atoms with van der Waals surface area (Å²) in [5, 5.41) is 0. The van der Waals surface area contributed by atoms with Gasteiger partial charge in [0.15, 0.2) is 0 Å². The SMILES string of the molecule is CC1CCN(S(=O)(=O)CCCl)CC1C. The zero-order valence-corrected chi connectivity index (χ0v) is 10.3. The first-order valence-electron chi connectivity index (χ1n) is 5.01. The molecule has 1 saturated heterocycles. The molecule has 1 rings (SSSR count). The molecular formula is C9H18ClNO2S. The van der Waals surface area contributed by atoms with E-state index < -0.39 is 10.0 Å². The third-order valence-electron chi connectivity index (χ3n) is 3.03. The maximum absolute atomic E-state index is 11.7. The van der Waals surface area contributed by atoms with E-state index in [-0.39, 0.29) is 11.6 Å². The maximum atomic E-state index is 11.7. The van der Waals surface area contributed by atoms with Crippen LogP contribution < -0.4 is 0 Å². The van der Waals surface area contributed by atoms with Crippen LogP contribution in [-0.4, -0.2) is 37.4 Å². The van der Waals surface area contributed by atoms with Gasteiger partial charge in [-0.05, 0) is 18.3 Å². The molecule has 1 aliphatic rings. The number of hydrogen-bond donors (Lipinski definition) is 0. The van der Waals surface area contributed by atoms with Crippen molar-refractivity contribution in [2.45, 2.75) is 20.3 Å². The molecule has 0 radical (unpaired) electrons. The number of halogens is 1. The van der Waals surface area contributed by atoms with Crippen LogP contribution in [0.2, 0.25) is 0 Å². The van der Waals surface area contributed by atoms with Gasteiger partial charge in [-0.25, -0.2) is 12.7 Å². The first kappa shape index (κ1) is 12.3. The van der Waals surface area contributed by atoms with Gasteiger partial charge in [0.1, 0.15) is 0 Å². The van der Waals surface area contributed by atoms with Crippen molar-refractivity contribution in [3.63, 3.8) is 0 Å². The summed E-state index contributed by atoms with van der Waals surface area (Å²) in [4.78, 5) is 0. The summed E-state index contributed by atoms with van der Waals surface area (Å²) < 4.78 is 24.9. The van der Waals surface area contributed by atoms with Crippen LogP contribution >= 0.6 is 11.6 Å². The first-order chi connectivity index (χ1) is 6.47. The molecule has 1 fully saturated rings. The van der Waals surface area contributed by atoms with Gasteiger partial charge in [0, 0.05) is 19.0 Å². The minimum atomic E-state index is -3.09. The van der Waals surface area contributed by atoms with Crippen molar-refractivity contribution in [3.8, 4) is 0 Å². The molecule has 2 atom stereocenters. The molecule has 0 aromatic heterocycles. The Labute approximate surface area is 91.5 Å². The number of rotatable bonds is 3. The van der Waals surface area contributed by atoms with Gasteiger partial charge in [-0.1, -0.05) is 13.8 Å². The van der Waals surface area contributed by atoms with Crippen LogP contribution in [0.1, 0.15) is 20.3 Å². The highest BCUT2D eigenvalue weighted by Crippen LogP contribution is 2.24. The van der Waals surface area contributed by atoms with Gasteiger partial charge in [0.2, 0.25) is 10.0 Å². The fourth-order valence-electron chi connectivity index (χ4n) is 1.70. The van der Waals surface area contributed by atoms with Gasteiger partial charge in [-0.15, -0.1) is 11.6 Å². The van der Waals surface area contributed by atoms with Gasteiger partial charge in [-0.3, -0.25) is 0 Å². The molecule has 0 bridgehead atoms. The van der Waals surface area contributed by atoms with Crippen molar-refractivity contribution in [1.29, 1.82) is 0 Å². The predicted octanol–water partition coefficient (Wildman–Crippen LogP) is 1.53. The molecule has 5 heteroatoms. The smallest absolute Gasteiger partial charge is 0.212 e. The molecule has 1 aliphatic heterocycles. The molecule has 14 heavy (non-hydrogen) atoms. The highest BCUT2D eigenvalue weighted by atomic mass is 35.5. The number of piperidine rings is 1. The van der Waals surface area contributed by atoms with Crippen LogP contribution in [0.4, 0.5) is 0 Å². The van der Waals surface area contributed by atoms with Crippen molar-refractivity contribution >= 4 is 21.6 Å². The van der Waals surface area contributed by atoms with Crippen LogP contribution in [-0.2, 0) is 10.0 Å². The predicted molar refractivity (Wildman–Crippen MR) is 59.0 cm³/mol. The fraction of sp³-hybridized carbons (Fsp3) is 1.00. The minimum absolute atomic E-state index is 0.0651. The van der Waals surface area contributed by atoms with E-state index >= 15 is 0 Å². The number of sulfonamides is 1. The van der Waals surface area contributed by atoms with Crippen molar-refractivity contribution in [2.24, 2.45) is 11.8 Å². The topological polar surface area (TPSA) is 37.4 Å². The highest BCUT2D eigenvalue weighted by molar-refractivity contribution is 7.89. The lowest BCUT2D eigenvalue weighted by Crippen LogP contribution is -2.43. The summed E-state index contributed by atoms with van der Waals surface area (Å²) in [5.41, 5.74) is 0. The molecule has 0 saturated carbocycles. The van der Waals surface area contributed by atoms with E-state index in [1.54, 1.807) is 4.31 Å². The normalized spacial score (nSPS) is 30.5. The minimum Gasteiger partial charge on any atom is -0.212 e. The second-order valence-electron chi connectivity index (χ2n) is 4.11. The summed E-state index contributed by atoms with van der Waals surface area (Å²) in [7, 11) is -3.09. The van der Waals surface area contributed by atoms with Crippen molar-refractivity contribution in [1.82, 2.24) is 4.31 Å². The van der Waals surface area contributed by atoms with Crippen LogP contribution in [0, 0.1) is 11.8 Å². The Morgan fingerprint density at radius 2 is 2.00 bits per heavy atom. The van der Waals surface area contributed by atoms with Gasteiger partial charge >= 0.3 is 0 Å². The zero-order chi connectivity index (χ0) is 10.8. The molecule has 1 heterocycles. The van der Waals surface area contributed by atoms with Crippen molar-refractivity contribution < 1.29 is 8.42 Å². The molecule has 0 aromatic carbocycles. The van der Waals surface area contributed by atoms with Crippen molar-refractivity contribution in [3.05, 3.63) is 0 Å². The summed E-state index contributed by atoms with van der Waals surface area (Å²) in [6.45, 7) is 5.59. The average Bonchev–Trinajstić information content (AvgIpc) is 2.09. The lowest BCUT2D eigenvalue weighted by atomic mass is 9.90. The van der Waals surface area contributed by atoms with Crippen LogP contribution in [0.5, 0.6) is 0 Å². The van der Waals surface area contributed by atoms with Gasteiger partial charge in [0.25, 0.3) is 0 Å². The van der Waals surface area contributed by atoms with E-state index in [4.69, 9.17) is 11.6 Å². The van der Waals surface area contributed by atoms with E-state index in [1.807, 2.05) is 0 Å². The van der Waals surface area contributed by atoms with E-state index in [9.17, 15) is 8.42 Å². The largest absolute Gasteiger partial charge is 0.215 e. The summed E-state index contributed by atoms with van der Waals surface area (Å²) in [6.07, 6.45) is 0.961. The van der Waals surface area contributed by atoms with Gasteiger partial charge in [-0.2, -0.15) is 0 Å². The van der Waals surface area contributed by atoms with Gasteiger partial charge < -0.3 is 0 Å². The Hall–Kier alpha value is 0.200. The lowest BCUT2D eigenvalue weighted by molar-refractivity contribution is 0.213. The fourth-order valence-corrected chi connectivity index (χ4v) is 3.59. The molecule has 0 aromatic rings. The molecular weight excluding hydrogens is 222 g/mol. The Morgan fingerprint density at radius 1 is 1.36 bits per heavy atom. The molecule has 2 unspecified atom stereocenters. The maximum Gasteiger partial charge on any atom is 0.215 e. The Kier molecular flexibility index (Phi) is 4.22. The first-order valence-corrected chi connectivity index (χ1v) is 7.15. The summed E-state index contributed by atoms with van der Waals surface area (Å²) in [5.74, 6) is 1.32. The van der Waals surface area contributed by atoms with E-state index in [0.717, 1.165) is 6.42 Å². The molecule has 3 nitrogen and oxygen atoms in total. The molecule has 0 amide bonds. The summed E-state index contributed by atoms with van der Waals surface area (Å²) in [6, 6.07) is 0. The Morgan fingerprint density at radius 3 is 2.50 bits per heavy atom. The second kappa shape index (κ2) is 4.81. The average molecular weight is 240 g/mol. The monoisotopic (exact) mass is 239 g/mol.